The van der Waals surface area contributed by atoms with Gasteiger partial charge in [-0.25, -0.2) is 0 Å². The van der Waals surface area contributed by atoms with Crippen LogP contribution in [0.25, 0.3) is 0 Å². The standard InChI is InChI=1S/C55H95N15O16S3/c1-54(2,3)88-32-39(68-45(76)35(57)15-10-11-17-56)49(80)66-36(16-12-18-63-53(59)60)46(77)64-29-42(72)65-38(28-44(74)75)47(78)69-40(33-89-55(4,5)6)50(81)67-37(27-34-13-8-7-9-14-34)48(79)70-52(87)51(82)62-20-22-84-24-26-85-25-23-83-21-19-61-43(73)31-86-30-41(58)71/h7-9,13-14,35-40,52,87H,10-12,15-33,56-57H2,1-6H3,(H2,58,71)(H,61,73)(H,62,82)(H,64,77)(H,65,72)(H,66,80)(H,67,81)(H,68,76)(H,69,78)(H,70,79)(H,74,75)(H4,59,60,63). The first-order chi connectivity index (χ1) is 41.9. The number of nitrogens with zero attached hydrogens (tertiary/aromatic N) is 1. The number of nitrogens with one attached hydrogen (secondary N) is 9. The van der Waals surface area contributed by atoms with Crippen molar-refractivity contribution >= 4 is 107 Å². The molecule has 89 heavy (non-hydrogen) atoms. The van der Waals surface area contributed by atoms with Crippen molar-refractivity contribution in [3.63, 3.8) is 0 Å². The van der Waals surface area contributed by atoms with Crippen molar-refractivity contribution in [2.24, 2.45) is 33.7 Å². The maximum atomic E-state index is 14.3. The Morgan fingerprint density at radius 2 is 1.08 bits per heavy atom. The van der Waals surface area contributed by atoms with E-state index in [1.165, 1.54) is 23.5 Å². The topological polar surface area (TPSA) is 496 Å². The summed E-state index contributed by atoms with van der Waals surface area (Å²) in [6.07, 6.45) is 0.593. The van der Waals surface area contributed by atoms with E-state index >= 15 is 0 Å². The number of nitrogens with two attached hydrogens (primary N) is 5. The Bertz CT molecular complexity index is 2420. The molecule has 1 rings (SSSR count). The van der Waals surface area contributed by atoms with Crippen LogP contribution in [0, 0.1) is 0 Å². The molecule has 10 amide bonds. The SMILES string of the molecule is CC(C)(C)SCC(NC(=O)C(N)CCCCN)C(=O)NC(CCCN=C(N)N)C(=O)NCC(=O)NC(CC(=O)O)C(=O)NC(CSC(C)(C)C)C(=O)NC(Cc1ccccc1)C(=O)NC(S)C(=O)NCCOCCOCCOCCNC(=O)COCC(N)=O. The number of carboxylic acid groups (broad SMARTS) is 1. The van der Waals surface area contributed by atoms with Gasteiger partial charge >= 0.3 is 5.97 Å². The van der Waals surface area contributed by atoms with E-state index in [1.54, 1.807) is 30.3 Å². The van der Waals surface area contributed by atoms with Gasteiger partial charge in [-0.05, 0) is 37.8 Å². The molecule has 0 saturated carbocycles. The average molecular weight is 1320 g/mol. The van der Waals surface area contributed by atoms with E-state index in [2.05, 4.69) is 65.5 Å². The predicted octanol–water partition coefficient (Wildman–Crippen LogP) is -4.03. The zero-order chi connectivity index (χ0) is 67.0. The van der Waals surface area contributed by atoms with Gasteiger partial charge < -0.3 is 101 Å². The Labute approximate surface area is 533 Å². The fraction of sp³-hybridized carbons (Fsp3) is 0.673. The minimum absolute atomic E-state index is 0.0284. The normalized spacial score (nSPS) is 13.7. The molecule has 0 aromatic heterocycles. The number of aliphatic imine (C=N–C) groups is 1. The summed E-state index contributed by atoms with van der Waals surface area (Å²) in [5.41, 5.74) is 28.2. The van der Waals surface area contributed by atoms with Gasteiger partial charge in [0.25, 0.3) is 5.91 Å². The maximum absolute atomic E-state index is 14.3. The first kappa shape index (κ1) is 80.5. The van der Waals surface area contributed by atoms with Crippen LogP contribution < -0.4 is 76.5 Å². The van der Waals surface area contributed by atoms with Crippen LogP contribution in [0.4, 0.5) is 0 Å². The largest absolute Gasteiger partial charge is 0.481 e. The van der Waals surface area contributed by atoms with Gasteiger partial charge in [-0.1, -0.05) is 78.3 Å². The molecule has 0 bridgehead atoms. The number of hydrogen-bond donors (Lipinski definition) is 16. The van der Waals surface area contributed by atoms with Gasteiger partial charge in [0.15, 0.2) is 11.3 Å². The smallest absolute Gasteiger partial charge is 0.305 e. The molecule has 0 aliphatic rings. The number of rotatable bonds is 47. The summed E-state index contributed by atoms with van der Waals surface area (Å²) < 4.78 is 20.3. The number of thiol groups is 1. The summed E-state index contributed by atoms with van der Waals surface area (Å²) in [5.74, 6) is -9.57. The number of benzene rings is 1. The van der Waals surface area contributed by atoms with E-state index in [0.717, 1.165) is 0 Å². The number of aliphatic carboxylic acids is 1. The number of carboxylic acids is 1. The number of thioether (sulfide) groups is 2. The highest BCUT2D eigenvalue weighted by molar-refractivity contribution is 8.00. The van der Waals surface area contributed by atoms with Gasteiger partial charge in [0.05, 0.1) is 58.6 Å². The molecule has 20 N–H and O–H groups in total. The second-order valence-corrected chi connectivity index (χ2v) is 26.1. The molecule has 504 valence electrons. The number of hydrogen-bond acceptors (Lipinski definition) is 21. The highest BCUT2D eigenvalue weighted by Crippen LogP contribution is 2.25. The molecular weight excluding hydrogens is 1220 g/mol. The van der Waals surface area contributed by atoms with Gasteiger partial charge in [-0.3, -0.25) is 57.7 Å². The van der Waals surface area contributed by atoms with Gasteiger partial charge in [0.1, 0.15) is 43.4 Å². The number of carbonyl (C=O) groups excluding carboxylic acids is 10. The van der Waals surface area contributed by atoms with Crippen molar-refractivity contribution in [3.05, 3.63) is 35.9 Å². The molecule has 1 aromatic carbocycles. The number of unbranched alkanes of at least 4 members (excludes halogenated alkanes) is 1. The highest BCUT2D eigenvalue weighted by atomic mass is 32.2. The molecule has 0 aliphatic carbocycles. The Morgan fingerprint density at radius 1 is 0.562 bits per heavy atom. The van der Waals surface area contributed by atoms with Crippen molar-refractivity contribution in [2.45, 2.75) is 138 Å². The molecule has 0 spiro atoms. The van der Waals surface area contributed by atoms with E-state index < -0.39 is 124 Å². The lowest BCUT2D eigenvalue weighted by atomic mass is 10.0. The fourth-order valence-corrected chi connectivity index (χ4v) is 9.28. The summed E-state index contributed by atoms with van der Waals surface area (Å²) in [6, 6.07) is 0.547. The summed E-state index contributed by atoms with van der Waals surface area (Å²) in [7, 11) is 0. The third-order valence-electron chi connectivity index (χ3n) is 11.7. The van der Waals surface area contributed by atoms with Crippen LogP contribution in [0.5, 0.6) is 0 Å². The molecule has 0 saturated heterocycles. The summed E-state index contributed by atoms with van der Waals surface area (Å²) in [6.45, 7) is 11.7. The first-order valence-electron chi connectivity index (χ1n) is 28.9. The number of guanidine groups is 1. The van der Waals surface area contributed by atoms with Crippen molar-refractivity contribution in [1.82, 2.24) is 47.9 Å². The van der Waals surface area contributed by atoms with Crippen LogP contribution in [0.3, 0.4) is 0 Å². The maximum Gasteiger partial charge on any atom is 0.305 e. The summed E-state index contributed by atoms with van der Waals surface area (Å²) >= 11 is 6.90. The average Bonchev–Trinajstić information content (AvgIpc) is 2.88. The van der Waals surface area contributed by atoms with Crippen molar-refractivity contribution < 1.29 is 76.8 Å². The quantitative estimate of drug-likeness (QED) is 0.00971. The predicted molar refractivity (Wildman–Crippen MR) is 340 cm³/mol. The second-order valence-electron chi connectivity index (χ2n) is 21.9. The van der Waals surface area contributed by atoms with Crippen molar-refractivity contribution in [1.29, 1.82) is 0 Å². The van der Waals surface area contributed by atoms with Gasteiger partial charge in [-0.15, -0.1) is 12.6 Å². The molecular formula is C55H95N15O16S3. The van der Waals surface area contributed by atoms with E-state index in [1.807, 2.05) is 41.5 Å². The lowest BCUT2D eigenvalue weighted by molar-refractivity contribution is -0.141. The third kappa shape index (κ3) is 40.7. The van der Waals surface area contributed by atoms with E-state index in [4.69, 9.17) is 47.6 Å². The Balaban J connectivity index is 3.12. The summed E-state index contributed by atoms with van der Waals surface area (Å²) in [4.78, 5) is 148. The minimum atomic E-state index is -1.81. The molecule has 0 heterocycles. The number of amides is 10. The second kappa shape index (κ2) is 44.8. The monoisotopic (exact) mass is 1320 g/mol. The number of carbonyl (C=O) groups is 11. The lowest BCUT2D eigenvalue weighted by Crippen LogP contribution is -2.59. The number of primary amides is 1. The van der Waals surface area contributed by atoms with Crippen LogP contribution in [0.1, 0.15) is 85.6 Å². The Kier molecular flexibility index (Phi) is 40.5. The Hall–Kier alpha value is -6.53. The van der Waals surface area contributed by atoms with Crippen LogP contribution >= 0.6 is 36.2 Å². The third-order valence-corrected chi connectivity index (χ3v) is 14.8. The van der Waals surface area contributed by atoms with Crippen molar-refractivity contribution in [3.8, 4) is 0 Å². The van der Waals surface area contributed by atoms with Crippen LogP contribution in [-0.4, -0.2) is 224 Å². The fourth-order valence-electron chi connectivity index (χ4n) is 7.26. The lowest BCUT2D eigenvalue weighted by Gasteiger charge is -2.27. The molecule has 7 unspecified atom stereocenters. The van der Waals surface area contributed by atoms with E-state index in [0.29, 0.717) is 31.4 Å². The minimum Gasteiger partial charge on any atom is -0.481 e. The van der Waals surface area contributed by atoms with Gasteiger partial charge in [0.2, 0.25) is 53.2 Å². The van der Waals surface area contributed by atoms with Crippen LogP contribution in [0.2, 0.25) is 0 Å². The van der Waals surface area contributed by atoms with Gasteiger partial charge in [-0.2, -0.15) is 23.5 Å². The van der Waals surface area contributed by atoms with E-state index in [9.17, 15) is 57.8 Å². The number of ether oxygens (including phenoxy) is 4. The first-order valence-corrected chi connectivity index (χ1v) is 31.3. The molecule has 1 aromatic rings. The zero-order valence-corrected chi connectivity index (χ0v) is 54.2. The van der Waals surface area contributed by atoms with Crippen LogP contribution in [-0.2, 0) is 78.1 Å². The molecule has 0 aliphatic heterocycles. The highest BCUT2D eigenvalue weighted by Gasteiger charge is 2.34. The molecule has 7 atom stereocenters. The molecule has 0 radical (unpaired) electrons. The van der Waals surface area contributed by atoms with Crippen LogP contribution in [0.15, 0.2) is 35.3 Å². The molecule has 34 heteroatoms. The van der Waals surface area contributed by atoms with E-state index in [-0.39, 0.29) is 114 Å². The summed E-state index contributed by atoms with van der Waals surface area (Å²) in [5, 5.41) is 31.3. The zero-order valence-electron chi connectivity index (χ0n) is 51.7. The molecule has 31 nitrogen and oxygen atoms in total. The molecule has 0 fully saturated rings. The van der Waals surface area contributed by atoms with Gasteiger partial charge in [0, 0.05) is 47.1 Å². The van der Waals surface area contributed by atoms with Crippen molar-refractivity contribution in [2.75, 3.05) is 97.1 Å². The Morgan fingerprint density at radius 3 is 1.62 bits per heavy atom.